The first-order valence-electron chi connectivity index (χ1n) is 7.45. The number of nitrogens with one attached hydrogen (secondary N) is 1. The number of hydrogen-bond donors (Lipinski definition) is 1. The number of halogens is 3. The summed E-state index contributed by atoms with van der Waals surface area (Å²) in [6, 6.07) is 14.4. The Morgan fingerprint density at radius 3 is 2.52 bits per heavy atom. The van der Waals surface area contributed by atoms with Crippen LogP contribution in [0.5, 0.6) is 0 Å². The maximum absolute atomic E-state index is 13.4. The summed E-state index contributed by atoms with van der Waals surface area (Å²) in [5.74, 6) is -0.748. The van der Waals surface area contributed by atoms with Gasteiger partial charge in [-0.05, 0) is 48.5 Å². The molecule has 0 saturated carbocycles. The largest absolute Gasteiger partial charge is 0.280 e. The topological polar surface area (TPSA) is 82.8 Å². The highest BCUT2D eigenvalue weighted by Crippen LogP contribution is 2.30. The average Bonchev–Trinajstić information content (AvgIpc) is 2.62. The van der Waals surface area contributed by atoms with Gasteiger partial charge in [-0.1, -0.05) is 29.3 Å². The lowest BCUT2D eigenvalue weighted by Crippen LogP contribution is -2.13. The van der Waals surface area contributed by atoms with Crippen molar-refractivity contribution in [3.63, 3.8) is 0 Å². The molecule has 2 aromatic carbocycles. The Morgan fingerprint density at radius 1 is 1.07 bits per heavy atom. The van der Waals surface area contributed by atoms with Crippen LogP contribution in [0.25, 0.3) is 11.3 Å². The number of aromatic nitrogens is 1. The maximum Gasteiger partial charge on any atom is 0.261 e. The molecular formula is C18H10Cl2FN3O2S. The summed E-state index contributed by atoms with van der Waals surface area (Å²) in [6.45, 7) is 0. The zero-order valence-electron chi connectivity index (χ0n) is 13.4. The van der Waals surface area contributed by atoms with Gasteiger partial charge in [0.2, 0.25) is 0 Å². The summed E-state index contributed by atoms with van der Waals surface area (Å²) < 4.78 is 40.9. The van der Waals surface area contributed by atoms with Crippen LogP contribution in [0.4, 0.5) is 10.1 Å². The lowest BCUT2D eigenvalue weighted by molar-refractivity contribution is 0.601. The molecule has 136 valence electrons. The Morgan fingerprint density at radius 2 is 1.85 bits per heavy atom. The fraction of sp³-hybridized carbons (Fsp3) is 0. The van der Waals surface area contributed by atoms with Crippen LogP contribution in [0.15, 0.2) is 59.5 Å². The van der Waals surface area contributed by atoms with E-state index in [1.54, 1.807) is 24.3 Å². The van der Waals surface area contributed by atoms with E-state index in [-0.39, 0.29) is 21.3 Å². The average molecular weight is 422 g/mol. The van der Waals surface area contributed by atoms with E-state index in [9.17, 15) is 12.8 Å². The molecular weight excluding hydrogens is 412 g/mol. The fourth-order valence-electron chi connectivity index (χ4n) is 2.31. The maximum atomic E-state index is 13.4. The number of benzene rings is 2. The summed E-state index contributed by atoms with van der Waals surface area (Å²) in [7, 11) is -3.90. The number of anilines is 1. The van der Waals surface area contributed by atoms with Gasteiger partial charge in [0.1, 0.15) is 6.07 Å². The monoisotopic (exact) mass is 421 g/mol. The Hall–Kier alpha value is -2.66. The molecule has 0 aliphatic rings. The summed E-state index contributed by atoms with van der Waals surface area (Å²) in [4.78, 5) is 3.82. The number of nitriles is 1. The third kappa shape index (κ3) is 4.19. The molecule has 0 bridgehead atoms. The van der Waals surface area contributed by atoms with Crippen LogP contribution in [0, 0.1) is 17.1 Å². The lowest BCUT2D eigenvalue weighted by atomic mass is 10.1. The second-order valence-corrected chi connectivity index (χ2v) is 7.92. The van der Waals surface area contributed by atoms with Crippen LogP contribution in [0.3, 0.4) is 0 Å². The molecule has 5 nitrogen and oxygen atoms in total. The highest BCUT2D eigenvalue weighted by atomic mass is 35.5. The minimum Gasteiger partial charge on any atom is -0.280 e. The molecule has 3 rings (SSSR count). The quantitative estimate of drug-likeness (QED) is 0.651. The summed E-state index contributed by atoms with van der Waals surface area (Å²) in [5, 5.41) is 9.37. The highest BCUT2D eigenvalue weighted by Gasteiger charge is 2.17. The van der Waals surface area contributed by atoms with Crippen LogP contribution >= 0.6 is 23.2 Å². The number of rotatable bonds is 4. The molecule has 1 heterocycles. The highest BCUT2D eigenvalue weighted by molar-refractivity contribution is 7.92. The molecule has 0 atom stereocenters. The molecule has 0 spiro atoms. The normalized spacial score (nSPS) is 11.0. The Labute approximate surface area is 165 Å². The standard InChI is InChI=1S/C18H10Cl2FN3O2S/c19-11-2-1-3-12(8-11)24-27(25,26)13-4-5-14(15(20)9-13)17-7-6-16(21)18(10-22)23-17/h1-9,24H. The van der Waals surface area contributed by atoms with Crippen molar-refractivity contribution in [3.8, 4) is 17.3 Å². The van der Waals surface area contributed by atoms with Gasteiger partial charge in [-0.15, -0.1) is 0 Å². The van der Waals surface area contributed by atoms with Gasteiger partial charge < -0.3 is 0 Å². The van der Waals surface area contributed by atoms with Crippen molar-refractivity contribution in [1.82, 2.24) is 4.98 Å². The van der Waals surface area contributed by atoms with Crippen LogP contribution in [0.2, 0.25) is 10.0 Å². The molecule has 0 aliphatic heterocycles. The van der Waals surface area contributed by atoms with E-state index < -0.39 is 15.8 Å². The molecule has 3 aromatic rings. The molecule has 0 aliphatic carbocycles. The smallest absolute Gasteiger partial charge is 0.261 e. The van der Waals surface area contributed by atoms with Crippen LogP contribution in [-0.4, -0.2) is 13.4 Å². The molecule has 1 aromatic heterocycles. The lowest BCUT2D eigenvalue weighted by Gasteiger charge is -2.10. The van der Waals surface area contributed by atoms with E-state index in [2.05, 4.69) is 9.71 Å². The van der Waals surface area contributed by atoms with E-state index in [4.69, 9.17) is 28.5 Å². The summed E-state index contributed by atoms with van der Waals surface area (Å²) >= 11 is 12.1. The van der Waals surface area contributed by atoms with Crippen molar-refractivity contribution >= 4 is 38.9 Å². The third-order valence-corrected chi connectivity index (χ3v) is 5.48. The van der Waals surface area contributed by atoms with E-state index >= 15 is 0 Å². The van der Waals surface area contributed by atoms with Crippen molar-refractivity contribution in [2.75, 3.05) is 4.72 Å². The fourth-order valence-corrected chi connectivity index (χ4v) is 3.91. The van der Waals surface area contributed by atoms with E-state index in [0.29, 0.717) is 16.3 Å². The van der Waals surface area contributed by atoms with Gasteiger partial charge in [0.05, 0.1) is 21.3 Å². The second-order valence-electron chi connectivity index (χ2n) is 5.40. The first-order chi connectivity index (χ1) is 12.8. The van der Waals surface area contributed by atoms with Gasteiger partial charge in [0, 0.05) is 10.6 Å². The molecule has 0 amide bonds. The van der Waals surface area contributed by atoms with Crippen molar-refractivity contribution in [2.24, 2.45) is 0 Å². The summed E-state index contributed by atoms with van der Waals surface area (Å²) in [6.07, 6.45) is 0. The third-order valence-electron chi connectivity index (χ3n) is 3.56. The van der Waals surface area contributed by atoms with Crippen molar-refractivity contribution < 1.29 is 12.8 Å². The van der Waals surface area contributed by atoms with E-state index in [1.807, 2.05) is 0 Å². The van der Waals surface area contributed by atoms with Crippen molar-refractivity contribution in [3.05, 3.63) is 76.2 Å². The minimum atomic E-state index is -3.90. The predicted octanol–water partition coefficient (Wildman–Crippen LogP) is 4.87. The van der Waals surface area contributed by atoms with Gasteiger partial charge in [-0.25, -0.2) is 17.8 Å². The number of nitrogens with zero attached hydrogens (tertiary/aromatic N) is 2. The number of pyridine rings is 1. The van der Waals surface area contributed by atoms with Gasteiger partial charge in [0.15, 0.2) is 11.5 Å². The van der Waals surface area contributed by atoms with E-state index in [0.717, 1.165) is 6.07 Å². The molecule has 0 saturated heterocycles. The molecule has 9 heteroatoms. The minimum absolute atomic E-state index is 0.0705. The number of hydrogen-bond acceptors (Lipinski definition) is 4. The predicted molar refractivity (Wildman–Crippen MR) is 102 cm³/mol. The zero-order chi connectivity index (χ0) is 19.6. The first kappa shape index (κ1) is 19.1. The van der Waals surface area contributed by atoms with Gasteiger partial charge in [-0.3, -0.25) is 4.72 Å². The molecule has 1 N–H and O–H groups in total. The second kappa shape index (κ2) is 7.53. The van der Waals surface area contributed by atoms with Crippen LogP contribution in [-0.2, 0) is 10.0 Å². The Kier molecular flexibility index (Phi) is 5.33. The van der Waals surface area contributed by atoms with Gasteiger partial charge in [0.25, 0.3) is 10.0 Å². The van der Waals surface area contributed by atoms with Gasteiger partial charge in [-0.2, -0.15) is 5.26 Å². The summed E-state index contributed by atoms with van der Waals surface area (Å²) in [5.41, 5.74) is 0.559. The zero-order valence-corrected chi connectivity index (χ0v) is 15.8. The van der Waals surface area contributed by atoms with Crippen LogP contribution in [0.1, 0.15) is 5.69 Å². The Bertz CT molecular complexity index is 1180. The van der Waals surface area contributed by atoms with Crippen molar-refractivity contribution in [1.29, 1.82) is 5.26 Å². The number of sulfonamides is 1. The van der Waals surface area contributed by atoms with Crippen molar-refractivity contribution in [2.45, 2.75) is 4.90 Å². The van der Waals surface area contributed by atoms with Gasteiger partial charge >= 0.3 is 0 Å². The Balaban J connectivity index is 1.96. The molecule has 0 radical (unpaired) electrons. The molecule has 0 fully saturated rings. The molecule has 27 heavy (non-hydrogen) atoms. The first-order valence-corrected chi connectivity index (χ1v) is 9.69. The molecule has 0 unspecified atom stereocenters. The van der Waals surface area contributed by atoms with E-state index in [1.165, 1.54) is 30.3 Å². The SMILES string of the molecule is N#Cc1nc(-c2ccc(S(=O)(=O)Nc3cccc(Cl)c3)cc2Cl)ccc1F. The van der Waals surface area contributed by atoms with Crippen LogP contribution < -0.4 is 4.72 Å².